The fourth-order valence-electron chi connectivity index (χ4n) is 2.31. The molecule has 0 aliphatic rings. The van der Waals surface area contributed by atoms with Gasteiger partial charge in [0.05, 0.1) is 0 Å². The average molecular weight is 337 g/mol. The van der Waals surface area contributed by atoms with Gasteiger partial charge in [-0.3, -0.25) is 4.79 Å². The van der Waals surface area contributed by atoms with Crippen LogP contribution in [0.2, 0.25) is 0 Å². The lowest BCUT2D eigenvalue weighted by Crippen LogP contribution is -2.39. The SMILES string of the molecule is CCN(C(=O)c1ccc(C(C)(O)C(F)(F)F)cc1)c1ccccc1. The Morgan fingerprint density at radius 2 is 1.58 bits per heavy atom. The predicted molar refractivity (Wildman–Crippen MR) is 85.9 cm³/mol. The lowest BCUT2D eigenvalue weighted by atomic mass is 9.94. The van der Waals surface area contributed by atoms with Crippen molar-refractivity contribution >= 4 is 11.6 Å². The summed E-state index contributed by atoms with van der Waals surface area (Å²) in [5.74, 6) is -0.318. The smallest absolute Gasteiger partial charge is 0.376 e. The van der Waals surface area contributed by atoms with Crippen molar-refractivity contribution in [3.63, 3.8) is 0 Å². The Morgan fingerprint density at radius 1 is 1.04 bits per heavy atom. The van der Waals surface area contributed by atoms with Gasteiger partial charge in [0, 0.05) is 17.8 Å². The minimum Gasteiger partial charge on any atom is -0.376 e. The topological polar surface area (TPSA) is 40.5 Å². The molecule has 2 rings (SSSR count). The van der Waals surface area contributed by atoms with E-state index in [1.165, 1.54) is 17.0 Å². The number of alkyl halides is 3. The van der Waals surface area contributed by atoms with Gasteiger partial charge in [-0.25, -0.2) is 0 Å². The van der Waals surface area contributed by atoms with Gasteiger partial charge in [0.15, 0.2) is 5.60 Å². The number of amides is 1. The van der Waals surface area contributed by atoms with Gasteiger partial charge < -0.3 is 10.0 Å². The van der Waals surface area contributed by atoms with E-state index in [1.807, 2.05) is 13.0 Å². The first-order chi connectivity index (χ1) is 11.2. The maximum absolute atomic E-state index is 12.9. The Bertz CT molecular complexity index is 694. The van der Waals surface area contributed by atoms with Crippen LogP contribution in [-0.4, -0.2) is 23.7 Å². The highest BCUT2D eigenvalue weighted by molar-refractivity contribution is 6.06. The quantitative estimate of drug-likeness (QED) is 0.911. The molecule has 0 spiro atoms. The van der Waals surface area contributed by atoms with E-state index in [4.69, 9.17) is 0 Å². The van der Waals surface area contributed by atoms with Gasteiger partial charge in [-0.2, -0.15) is 13.2 Å². The number of benzene rings is 2. The Balaban J connectivity index is 2.29. The normalized spacial score (nSPS) is 14.1. The van der Waals surface area contributed by atoms with Crippen molar-refractivity contribution in [1.29, 1.82) is 0 Å². The summed E-state index contributed by atoms with van der Waals surface area (Å²) in [5, 5.41) is 9.66. The summed E-state index contributed by atoms with van der Waals surface area (Å²) in [6.45, 7) is 2.92. The molecule has 0 heterocycles. The molecule has 6 heteroatoms. The number of hydrogen-bond donors (Lipinski definition) is 1. The van der Waals surface area contributed by atoms with E-state index in [9.17, 15) is 23.1 Å². The molecular weight excluding hydrogens is 319 g/mol. The summed E-state index contributed by atoms with van der Waals surface area (Å²) in [7, 11) is 0. The van der Waals surface area contributed by atoms with Crippen molar-refractivity contribution < 1.29 is 23.1 Å². The van der Waals surface area contributed by atoms with E-state index < -0.39 is 11.8 Å². The van der Waals surface area contributed by atoms with E-state index in [1.54, 1.807) is 24.3 Å². The molecule has 0 aliphatic carbocycles. The third-order valence-electron chi connectivity index (χ3n) is 3.88. The first kappa shape index (κ1) is 18.0. The molecule has 1 atom stereocenters. The summed E-state index contributed by atoms with van der Waals surface area (Å²) in [6, 6.07) is 13.8. The van der Waals surface area contributed by atoms with Gasteiger partial charge in [0.25, 0.3) is 5.91 Å². The highest BCUT2D eigenvalue weighted by Gasteiger charge is 2.51. The van der Waals surface area contributed by atoms with Crippen LogP contribution in [0, 0.1) is 0 Å². The number of aliphatic hydroxyl groups is 1. The zero-order valence-corrected chi connectivity index (χ0v) is 13.3. The van der Waals surface area contributed by atoms with Crippen LogP contribution in [0.1, 0.15) is 29.8 Å². The highest BCUT2D eigenvalue weighted by Crippen LogP contribution is 2.38. The molecule has 128 valence electrons. The van der Waals surface area contributed by atoms with Gasteiger partial charge >= 0.3 is 6.18 Å². The number of rotatable bonds is 4. The van der Waals surface area contributed by atoms with Crippen LogP contribution in [0.3, 0.4) is 0 Å². The monoisotopic (exact) mass is 337 g/mol. The molecule has 1 amide bonds. The first-order valence-corrected chi connectivity index (χ1v) is 7.45. The number of para-hydroxylation sites is 1. The Labute approximate surface area is 138 Å². The van der Waals surface area contributed by atoms with Crippen LogP contribution in [-0.2, 0) is 5.60 Å². The molecule has 0 aliphatic heterocycles. The van der Waals surface area contributed by atoms with Crippen molar-refractivity contribution in [2.45, 2.75) is 25.6 Å². The largest absolute Gasteiger partial charge is 0.421 e. The highest BCUT2D eigenvalue weighted by atomic mass is 19.4. The number of halogens is 3. The summed E-state index contributed by atoms with van der Waals surface area (Å²) in [4.78, 5) is 14.1. The fraction of sp³-hybridized carbons (Fsp3) is 0.278. The standard InChI is InChI=1S/C18H18F3NO2/c1-3-22(15-7-5-4-6-8-15)16(23)13-9-11-14(12-10-13)17(2,24)18(19,20)21/h4-12,24H,3H2,1-2H3. The molecule has 0 bridgehead atoms. The molecule has 3 nitrogen and oxygen atoms in total. The molecule has 2 aromatic rings. The van der Waals surface area contributed by atoms with Crippen LogP contribution in [0.25, 0.3) is 0 Å². The molecule has 2 aromatic carbocycles. The second kappa shape index (κ2) is 6.65. The third-order valence-corrected chi connectivity index (χ3v) is 3.88. The Hall–Kier alpha value is -2.34. The summed E-state index contributed by atoms with van der Waals surface area (Å²) in [6.07, 6.45) is -4.79. The van der Waals surface area contributed by atoms with E-state index in [0.29, 0.717) is 19.2 Å². The molecular formula is C18H18F3NO2. The summed E-state index contributed by atoms with van der Waals surface area (Å²) < 4.78 is 38.6. The molecule has 0 fully saturated rings. The molecule has 1 unspecified atom stereocenters. The fourth-order valence-corrected chi connectivity index (χ4v) is 2.31. The molecule has 24 heavy (non-hydrogen) atoms. The number of carbonyl (C=O) groups is 1. The van der Waals surface area contributed by atoms with Crippen molar-refractivity contribution in [2.75, 3.05) is 11.4 Å². The summed E-state index contributed by atoms with van der Waals surface area (Å²) in [5.41, 5.74) is -2.31. The Morgan fingerprint density at radius 3 is 2.04 bits per heavy atom. The summed E-state index contributed by atoms with van der Waals surface area (Å²) >= 11 is 0. The molecule has 0 saturated heterocycles. The van der Waals surface area contributed by atoms with Gasteiger partial charge in [-0.05, 0) is 43.7 Å². The number of nitrogens with zero attached hydrogens (tertiary/aromatic N) is 1. The van der Waals surface area contributed by atoms with Gasteiger partial charge in [0.1, 0.15) is 0 Å². The zero-order chi connectivity index (χ0) is 18.0. The number of anilines is 1. The van der Waals surface area contributed by atoms with Gasteiger partial charge in [-0.15, -0.1) is 0 Å². The second-order valence-corrected chi connectivity index (χ2v) is 5.53. The van der Waals surface area contributed by atoms with E-state index in [-0.39, 0.29) is 17.0 Å². The van der Waals surface area contributed by atoms with Crippen LogP contribution in [0.5, 0.6) is 0 Å². The van der Waals surface area contributed by atoms with Crippen molar-refractivity contribution in [3.8, 4) is 0 Å². The van der Waals surface area contributed by atoms with E-state index in [2.05, 4.69) is 0 Å². The third kappa shape index (κ3) is 3.43. The predicted octanol–water partition coefficient (Wildman–Crippen LogP) is 4.12. The first-order valence-electron chi connectivity index (χ1n) is 7.45. The van der Waals surface area contributed by atoms with E-state index >= 15 is 0 Å². The van der Waals surface area contributed by atoms with Gasteiger partial charge in [-0.1, -0.05) is 30.3 Å². The molecule has 1 N–H and O–H groups in total. The zero-order valence-electron chi connectivity index (χ0n) is 13.3. The van der Waals surface area contributed by atoms with Crippen LogP contribution in [0.15, 0.2) is 54.6 Å². The van der Waals surface area contributed by atoms with Crippen molar-refractivity contribution in [3.05, 3.63) is 65.7 Å². The number of hydrogen-bond acceptors (Lipinski definition) is 2. The molecule has 0 aromatic heterocycles. The molecule has 0 radical (unpaired) electrons. The lowest BCUT2D eigenvalue weighted by Gasteiger charge is -2.27. The minimum atomic E-state index is -4.79. The molecule has 0 saturated carbocycles. The van der Waals surface area contributed by atoms with Crippen molar-refractivity contribution in [2.24, 2.45) is 0 Å². The maximum Gasteiger partial charge on any atom is 0.421 e. The Kier molecular flexibility index (Phi) is 4.99. The van der Waals surface area contributed by atoms with Crippen LogP contribution >= 0.6 is 0 Å². The lowest BCUT2D eigenvalue weighted by molar-refractivity contribution is -0.258. The van der Waals surface area contributed by atoms with Crippen molar-refractivity contribution in [1.82, 2.24) is 0 Å². The number of carbonyl (C=O) groups excluding carboxylic acids is 1. The van der Waals surface area contributed by atoms with Gasteiger partial charge in [0.2, 0.25) is 0 Å². The average Bonchev–Trinajstić information content (AvgIpc) is 2.55. The van der Waals surface area contributed by atoms with E-state index in [0.717, 1.165) is 12.1 Å². The van der Waals surface area contributed by atoms with Crippen LogP contribution in [0.4, 0.5) is 18.9 Å². The minimum absolute atomic E-state index is 0.252. The van der Waals surface area contributed by atoms with Crippen LogP contribution < -0.4 is 4.90 Å². The second-order valence-electron chi connectivity index (χ2n) is 5.53. The maximum atomic E-state index is 12.9.